The summed E-state index contributed by atoms with van der Waals surface area (Å²) in [6.07, 6.45) is 1.81. The third-order valence-corrected chi connectivity index (χ3v) is 4.56. The number of piperidine rings is 1. The van der Waals surface area contributed by atoms with Gasteiger partial charge in [0.25, 0.3) is 0 Å². The Hall–Kier alpha value is -1.62. The van der Waals surface area contributed by atoms with Crippen molar-refractivity contribution in [2.75, 3.05) is 25.0 Å². The first-order valence-corrected chi connectivity index (χ1v) is 7.93. The lowest BCUT2D eigenvalue weighted by atomic mass is 9.99. The van der Waals surface area contributed by atoms with Crippen LogP contribution in [0.25, 0.3) is 0 Å². The number of halogens is 1. The Morgan fingerprint density at radius 1 is 1.27 bits per heavy atom. The van der Waals surface area contributed by atoms with Crippen molar-refractivity contribution in [3.05, 3.63) is 30.1 Å². The molecule has 0 saturated carbocycles. The fraction of sp³-hybridized carbons (Fsp3) is 0.588. The first-order valence-electron chi connectivity index (χ1n) is 7.93. The predicted molar refractivity (Wildman–Crippen MR) is 87.2 cm³/mol. The monoisotopic (exact) mass is 307 g/mol. The van der Waals surface area contributed by atoms with E-state index in [0.717, 1.165) is 31.6 Å². The van der Waals surface area contributed by atoms with Crippen molar-refractivity contribution < 1.29 is 9.18 Å². The average molecular weight is 307 g/mol. The van der Waals surface area contributed by atoms with Crippen molar-refractivity contribution in [1.29, 1.82) is 0 Å². The summed E-state index contributed by atoms with van der Waals surface area (Å²) in [7, 11) is 2.02. The minimum Gasteiger partial charge on any atom is -0.371 e. The number of likely N-dealkylation sites (tertiary alicyclic amines) is 1. The van der Waals surface area contributed by atoms with E-state index >= 15 is 0 Å². The quantitative estimate of drug-likeness (QED) is 0.928. The molecule has 0 unspecified atom stereocenters. The van der Waals surface area contributed by atoms with Crippen LogP contribution in [0.4, 0.5) is 10.1 Å². The van der Waals surface area contributed by atoms with Gasteiger partial charge >= 0.3 is 0 Å². The second-order valence-corrected chi connectivity index (χ2v) is 6.41. The normalized spacial score (nSPS) is 17.6. The molecule has 22 heavy (non-hydrogen) atoms. The fourth-order valence-electron chi connectivity index (χ4n) is 2.86. The first-order chi connectivity index (χ1) is 10.4. The van der Waals surface area contributed by atoms with Crippen LogP contribution in [0.3, 0.4) is 0 Å². The molecule has 4 nitrogen and oxygen atoms in total. The topological polar surface area (TPSA) is 49.6 Å². The van der Waals surface area contributed by atoms with Crippen LogP contribution in [0.1, 0.15) is 26.7 Å². The molecule has 0 bridgehead atoms. The number of amides is 1. The van der Waals surface area contributed by atoms with Crippen LogP contribution in [0.2, 0.25) is 0 Å². The maximum Gasteiger partial charge on any atom is 0.239 e. The molecule has 0 aromatic heterocycles. The number of rotatable bonds is 4. The van der Waals surface area contributed by atoms with Gasteiger partial charge in [-0.2, -0.15) is 0 Å². The van der Waals surface area contributed by atoms with E-state index in [4.69, 9.17) is 5.73 Å². The maximum absolute atomic E-state index is 13.0. The molecule has 1 aromatic rings. The van der Waals surface area contributed by atoms with Crippen LogP contribution in [0.5, 0.6) is 0 Å². The minimum absolute atomic E-state index is 0.0536. The Morgan fingerprint density at radius 3 is 2.32 bits per heavy atom. The molecule has 0 spiro atoms. The van der Waals surface area contributed by atoms with Gasteiger partial charge in [0.2, 0.25) is 5.91 Å². The van der Waals surface area contributed by atoms with Gasteiger partial charge in [0.15, 0.2) is 0 Å². The number of anilines is 1. The maximum atomic E-state index is 13.0. The number of nitrogens with two attached hydrogens (primary N) is 1. The molecular weight excluding hydrogens is 281 g/mol. The van der Waals surface area contributed by atoms with Crippen molar-refractivity contribution >= 4 is 11.6 Å². The molecule has 1 saturated heterocycles. The Labute approximate surface area is 132 Å². The molecule has 0 radical (unpaired) electrons. The predicted octanol–water partition coefficient (Wildman–Crippen LogP) is 2.24. The van der Waals surface area contributed by atoms with Gasteiger partial charge in [-0.25, -0.2) is 4.39 Å². The average Bonchev–Trinajstić information content (AvgIpc) is 2.53. The van der Waals surface area contributed by atoms with Crippen LogP contribution in [-0.2, 0) is 4.79 Å². The largest absolute Gasteiger partial charge is 0.371 e. The van der Waals surface area contributed by atoms with Crippen LogP contribution in [0.15, 0.2) is 24.3 Å². The summed E-state index contributed by atoms with van der Waals surface area (Å²) in [6.45, 7) is 5.40. The van der Waals surface area contributed by atoms with Gasteiger partial charge in [-0.1, -0.05) is 13.8 Å². The van der Waals surface area contributed by atoms with E-state index in [1.54, 1.807) is 12.1 Å². The number of carbonyl (C=O) groups is 1. The number of nitrogens with zero attached hydrogens (tertiary/aromatic N) is 2. The zero-order valence-electron chi connectivity index (χ0n) is 13.6. The standard InChI is InChI=1S/C17H26FN3O/c1-12(2)16(19)17(22)21-10-8-15(9-11-21)20(3)14-6-4-13(18)5-7-14/h4-7,12,15-16H,8-11,19H2,1-3H3/t16-/m0/s1. The number of hydrogen-bond acceptors (Lipinski definition) is 3. The highest BCUT2D eigenvalue weighted by atomic mass is 19.1. The van der Waals surface area contributed by atoms with Crippen molar-refractivity contribution in [1.82, 2.24) is 4.90 Å². The Morgan fingerprint density at radius 2 is 1.82 bits per heavy atom. The highest BCUT2D eigenvalue weighted by Gasteiger charge is 2.29. The van der Waals surface area contributed by atoms with Gasteiger partial charge in [-0.15, -0.1) is 0 Å². The summed E-state index contributed by atoms with van der Waals surface area (Å²) >= 11 is 0. The lowest BCUT2D eigenvalue weighted by Crippen LogP contribution is -2.51. The van der Waals surface area contributed by atoms with Crippen LogP contribution >= 0.6 is 0 Å². The number of benzene rings is 1. The zero-order chi connectivity index (χ0) is 16.3. The van der Waals surface area contributed by atoms with E-state index in [-0.39, 0.29) is 17.6 Å². The molecule has 2 N–H and O–H groups in total. The summed E-state index contributed by atoms with van der Waals surface area (Å²) in [4.78, 5) is 16.3. The lowest BCUT2D eigenvalue weighted by molar-refractivity contribution is -0.134. The van der Waals surface area contributed by atoms with Crippen molar-refractivity contribution in [3.8, 4) is 0 Å². The Balaban J connectivity index is 1.91. The van der Waals surface area contributed by atoms with Gasteiger partial charge in [-0.05, 0) is 43.0 Å². The van der Waals surface area contributed by atoms with Crippen molar-refractivity contribution in [2.45, 2.75) is 38.8 Å². The van der Waals surface area contributed by atoms with E-state index in [1.807, 2.05) is 25.8 Å². The number of hydrogen-bond donors (Lipinski definition) is 1. The van der Waals surface area contributed by atoms with Crippen LogP contribution < -0.4 is 10.6 Å². The molecule has 1 fully saturated rings. The van der Waals surface area contributed by atoms with Gasteiger partial charge in [-0.3, -0.25) is 4.79 Å². The smallest absolute Gasteiger partial charge is 0.239 e. The van der Waals surface area contributed by atoms with Crippen molar-refractivity contribution in [2.24, 2.45) is 11.7 Å². The zero-order valence-corrected chi connectivity index (χ0v) is 13.6. The SMILES string of the molecule is CC(C)[C@H](N)C(=O)N1CCC(N(C)c2ccc(F)cc2)CC1. The lowest BCUT2D eigenvalue weighted by Gasteiger charge is -2.39. The van der Waals surface area contributed by atoms with Gasteiger partial charge in [0.05, 0.1) is 6.04 Å². The van der Waals surface area contributed by atoms with E-state index in [1.165, 1.54) is 12.1 Å². The fourth-order valence-corrected chi connectivity index (χ4v) is 2.86. The third-order valence-electron chi connectivity index (χ3n) is 4.56. The van der Waals surface area contributed by atoms with Crippen molar-refractivity contribution in [3.63, 3.8) is 0 Å². The summed E-state index contributed by atoms with van der Waals surface area (Å²) in [5.41, 5.74) is 6.96. The van der Waals surface area contributed by atoms with E-state index in [0.29, 0.717) is 6.04 Å². The minimum atomic E-state index is -0.411. The van der Waals surface area contributed by atoms with Crippen LogP contribution in [0, 0.1) is 11.7 Å². The van der Waals surface area contributed by atoms with Crippen LogP contribution in [-0.4, -0.2) is 43.0 Å². The first kappa shape index (κ1) is 16.7. The molecular formula is C17H26FN3O. The summed E-state index contributed by atoms with van der Waals surface area (Å²) < 4.78 is 13.0. The highest BCUT2D eigenvalue weighted by Crippen LogP contribution is 2.23. The molecule has 5 heteroatoms. The molecule has 1 aromatic carbocycles. The second kappa shape index (κ2) is 7.09. The molecule has 2 rings (SSSR count). The Bertz CT molecular complexity index is 495. The molecule has 1 amide bonds. The van der Waals surface area contributed by atoms with Gasteiger partial charge in [0.1, 0.15) is 5.82 Å². The van der Waals surface area contributed by atoms with Gasteiger partial charge in [0, 0.05) is 31.9 Å². The summed E-state index contributed by atoms with van der Waals surface area (Å²) in [6, 6.07) is 6.50. The summed E-state index contributed by atoms with van der Waals surface area (Å²) in [5.74, 6) is -0.00904. The van der Waals surface area contributed by atoms with E-state index < -0.39 is 6.04 Å². The number of carbonyl (C=O) groups excluding carboxylic acids is 1. The molecule has 1 aliphatic rings. The second-order valence-electron chi connectivity index (χ2n) is 6.41. The third kappa shape index (κ3) is 3.77. The van der Waals surface area contributed by atoms with Gasteiger partial charge < -0.3 is 15.5 Å². The Kier molecular flexibility index (Phi) is 5.40. The molecule has 1 aliphatic heterocycles. The molecule has 122 valence electrons. The molecule has 1 atom stereocenters. The van der Waals surface area contributed by atoms with E-state index in [2.05, 4.69) is 4.90 Å². The van der Waals surface area contributed by atoms with E-state index in [9.17, 15) is 9.18 Å². The molecule has 1 heterocycles. The molecule has 0 aliphatic carbocycles. The summed E-state index contributed by atoms with van der Waals surface area (Å²) in [5, 5.41) is 0. The highest BCUT2D eigenvalue weighted by molar-refractivity contribution is 5.82.